The smallest absolute Gasteiger partial charge is 0.178 e. The Bertz CT molecular complexity index is 927. The molecule has 4 rings (SSSR count). The molecule has 0 N–H and O–H groups in total. The summed E-state index contributed by atoms with van der Waals surface area (Å²) in [7, 11) is 2.08. The highest BCUT2D eigenvalue weighted by atomic mass is 32.1. The van der Waals surface area contributed by atoms with E-state index in [0.717, 1.165) is 33.8 Å². The van der Waals surface area contributed by atoms with Crippen LogP contribution in [0.2, 0.25) is 0 Å². The maximum absolute atomic E-state index is 5.91. The highest BCUT2D eigenvalue weighted by Crippen LogP contribution is 2.33. The molecule has 4 nitrogen and oxygen atoms in total. The molecular weight excluding hydrogens is 340 g/mol. The van der Waals surface area contributed by atoms with Gasteiger partial charge in [-0.05, 0) is 41.1 Å². The van der Waals surface area contributed by atoms with Gasteiger partial charge in [-0.25, -0.2) is 0 Å². The minimum Gasteiger partial charge on any atom is -0.492 e. The summed E-state index contributed by atoms with van der Waals surface area (Å²) in [5.74, 6) is 0.847. The molecule has 122 valence electrons. The zero-order chi connectivity index (χ0) is 16.4. The lowest BCUT2D eigenvalue weighted by molar-refractivity contribution is 0.326. The van der Waals surface area contributed by atoms with Gasteiger partial charge in [0, 0.05) is 12.6 Å². The summed E-state index contributed by atoms with van der Waals surface area (Å²) >= 11 is 3.37. The van der Waals surface area contributed by atoms with Crippen LogP contribution in [0.3, 0.4) is 0 Å². The number of thiophene rings is 2. The molecule has 1 aromatic carbocycles. The Hall–Kier alpha value is -2.31. The number of fused-ring (bicyclic) bond motifs is 1. The fraction of sp³-hybridized carbons (Fsp3) is 0.167. The number of ether oxygens (including phenoxy) is 1. The minimum atomic E-state index is 0.630. The molecule has 0 amide bonds. The van der Waals surface area contributed by atoms with Crippen LogP contribution in [0.25, 0.3) is 21.5 Å². The maximum Gasteiger partial charge on any atom is 0.178 e. The Morgan fingerprint density at radius 2 is 2.08 bits per heavy atom. The number of anilines is 1. The average molecular weight is 356 g/mol. The van der Waals surface area contributed by atoms with E-state index >= 15 is 0 Å². The van der Waals surface area contributed by atoms with Gasteiger partial charge < -0.3 is 14.2 Å². The van der Waals surface area contributed by atoms with Crippen molar-refractivity contribution in [2.75, 3.05) is 25.1 Å². The zero-order valence-electron chi connectivity index (χ0n) is 13.1. The molecule has 24 heavy (non-hydrogen) atoms. The average Bonchev–Trinajstić information content (AvgIpc) is 3.32. The summed E-state index contributed by atoms with van der Waals surface area (Å²) in [6.45, 7) is 1.47. The first kappa shape index (κ1) is 15.2. The minimum absolute atomic E-state index is 0.630. The van der Waals surface area contributed by atoms with Gasteiger partial charge in [-0.1, -0.05) is 17.3 Å². The van der Waals surface area contributed by atoms with Crippen molar-refractivity contribution in [3.05, 3.63) is 53.2 Å². The predicted octanol–water partition coefficient (Wildman–Crippen LogP) is 5.13. The van der Waals surface area contributed by atoms with E-state index in [1.165, 1.54) is 5.00 Å². The number of hydrogen-bond acceptors (Lipinski definition) is 6. The molecule has 3 heterocycles. The van der Waals surface area contributed by atoms with Crippen molar-refractivity contribution in [1.82, 2.24) is 5.16 Å². The summed E-state index contributed by atoms with van der Waals surface area (Å²) in [5, 5.41) is 9.52. The van der Waals surface area contributed by atoms with Crippen LogP contribution in [0.1, 0.15) is 0 Å². The Labute approximate surface area is 147 Å². The third-order valence-electron chi connectivity index (χ3n) is 3.76. The molecule has 0 aliphatic heterocycles. The van der Waals surface area contributed by atoms with Gasteiger partial charge in [-0.2, -0.15) is 0 Å². The summed E-state index contributed by atoms with van der Waals surface area (Å²) in [6, 6.07) is 14.1. The van der Waals surface area contributed by atoms with Gasteiger partial charge >= 0.3 is 0 Å². The molecule has 0 bridgehead atoms. The number of aromatic nitrogens is 1. The summed E-state index contributed by atoms with van der Waals surface area (Å²) in [6.07, 6.45) is 0. The number of nitrogens with zero attached hydrogens (tertiary/aromatic N) is 2. The molecular formula is C18H16N2O2S2. The first-order chi connectivity index (χ1) is 11.8. The maximum atomic E-state index is 5.91. The first-order valence-electron chi connectivity index (χ1n) is 7.62. The van der Waals surface area contributed by atoms with Crippen LogP contribution in [0.15, 0.2) is 57.7 Å². The lowest BCUT2D eigenvalue weighted by Crippen LogP contribution is -2.22. The third kappa shape index (κ3) is 3.02. The van der Waals surface area contributed by atoms with Gasteiger partial charge in [0.05, 0.1) is 11.5 Å². The fourth-order valence-corrected chi connectivity index (χ4v) is 4.03. The standard InChI is InChI=1S/C18H16N2O2S2/c1-20(16-6-3-10-23-16)8-9-21-14-5-2-4-13(12-14)17-18-15(22-19-17)7-11-24-18/h2-7,10-12H,8-9H2,1H3. The van der Waals surface area contributed by atoms with Crippen molar-refractivity contribution in [2.45, 2.75) is 0 Å². The highest BCUT2D eigenvalue weighted by molar-refractivity contribution is 7.17. The topological polar surface area (TPSA) is 38.5 Å². The van der Waals surface area contributed by atoms with Crippen molar-refractivity contribution < 1.29 is 9.26 Å². The molecule has 0 saturated heterocycles. The second kappa shape index (κ2) is 6.67. The molecule has 4 aromatic rings. The lowest BCUT2D eigenvalue weighted by Gasteiger charge is -2.17. The SMILES string of the molecule is CN(CCOc1cccc(-c2noc3ccsc23)c1)c1cccs1. The van der Waals surface area contributed by atoms with Gasteiger partial charge in [-0.3, -0.25) is 0 Å². The Morgan fingerprint density at radius 3 is 2.96 bits per heavy atom. The predicted molar refractivity (Wildman–Crippen MR) is 100 cm³/mol. The third-order valence-corrected chi connectivity index (χ3v) is 5.65. The van der Waals surface area contributed by atoms with E-state index in [9.17, 15) is 0 Å². The van der Waals surface area contributed by atoms with Gasteiger partial charge in [0.15, 0.2) is 5.58 Å². The van der Waals surface area contributed by atoms with E-state index in [1.54, 1.807) is 22.7 Å². The van der Waals surface area contributed by atoms with E-state index in [-0.39, 0.29) is 0 Å². The fourth-order valence-electron chi connectivity index (χ4n) is 2.49. The number of hydrogen-bond donors (Lipinski definition) is 0. The largest absolute Gasteiger partial charge is 0.492 e. The molecule has 0 radical (unpaired) electrons. The Morgan fingerprint density at radius 1 is 1.12 bits per heavy atom. The Kier molecular flexibility index (Phi) is 4.23. The highest BCUT2D eigenvalue weighted by Gasteiger charge is 2.12. The van der Waals surface area contributed by atoms with Crippen LogP contribution in [0.5, 0.6) is 5.75 Å². The van der Waals surface area contributed by atoms with Crippen LogP contribution < -0.4 is 9.64 Å². The van der Waals surface area contributed by atoms with Crippen LogP contribution >= 0.6 is 22.7 Å². The van der Waals surface area contributed by atoms with E-state index in [0.29, 0.717) is 6.61 Å². The van der Waals surface area contributed by atoms with Crippen LogP contribution in [-0.2, 0) is 0 Å². The van der Waals surface area contributed by atoms with Crippen molar-refractivity contribution in [2.24, 2.45) is 0 Å². The lowest BCUT2D eigenvalue weighted by atomic mass is 10.1. The number of likely N-dealkylation sites (N-methyl/N-ethyl adjacent to an activating group) is 1. The van der Waals surface area contributed by atoms with Crippen molar-refractivity contribution in [3.8, 4) is 17.0 Å². The Balaban J connectivity index is 1.44. The van der Waals surface area contributed by atoms with Crippen molar-refractivity contribution >= 4 is 38.0 Å². The van der Waals surface area contributed by atoms with E-state index < -0.39 is 0 Å². The quantitative estimate of drug-likeness (QED) is 0.480. The summed E-state index contributed by atoms with van der Waals surface area (Å²) < 4.78 is 12.3. The molecule has 0 fully saturated rings. The molecule has 0 aliphatic rings. The van der Waals surface area contributed by atoms with Crippen LogP contribution in [0, 0.1) is 0 Å². The van der Waals surface area contributed by atoms with E-state index in [4.69, 9.17) is 9.26 Å². The van der Waals surface area contributed by atoms with Crippen LogP contribution in [-0.4, -0.2) is 25.4 Å². The van der Waals surface area contributed by atoms with Gasteiger partial charge in [0.25, 0.3) is 0 Å². The van der Waals surface area contributed by atoms with E-state index in [1.807, 2.05) is 35.7 Å². The second-order valence-corrected chi connectivity index (χ2v) is 7.24. The summed E-state index contributed by atoms with van der Waals surface area (Å²) in [4.78, 5) is 2.20. The zero-order valence-corrected chi connectivity index (χ0v) is 14.8. The molecule has 0 saturated carbocycles. The normalized spacial score (nSPS) is 11.0. The van der Waals surface area contributed by atoms with Gasteiger partial charge in [0.1, 0.15) is 22.8 Å². The van der Waals surface area contributed by atoms with E-state index in [2.05, 4.69) is 34.6 Å². The van der Waals surface area contributed by atoms with Gasteiger partial charge in [0.2, 0.25) is 0 Å². The molecule has 6 heteroatoms. The monoisotopic (exact) mass is 356 g/mol. The molecule has 0 atom stereocenters. The first-order valence-corrected chi connectivity index (χ1v) is 9.38. The van der Waals surface area contributed by atoms with Gasteiger partial charge in [-0.15, -0.1) is 22.7 Å². The van der Waals surface area contributed by atoms with Crippen LogP contribution in [0.4, 0.5) is 5.00 Å². The van der Waals surface area contributed by atoms with Crippen molar-refractivity contribution in [1.29, 1.82) is 0 Å². The molecule has 0 aliphatic carbocycles. The summed E-state index contributed by atoms with van der Waals surface area (Å²) in [5.41, 5.74) is 2.72. The molecule has 0 spiro atoms. The molecule has 0 unspecified atom stereocenters. The number of benzene rings is 1. The second-order valence-electron chi connectivity index (χ2n) is 5.39. The molecule has 3 aromatic heterocycles. The van der Waals surface area contributed by atoms with Crippen molar-refractivity contribution in [3.63, 3.8) is 0 Å². The number of rotatable bonds is 6.